The molecule has 0 saturated heterocycles. The first-order valence-corrected chi connectivity index (χ1v) is 5.88. The molecule has 2 nitrogen and oxygen atoms in total. The Labute approximate surface area is 88.1 Å². The Kier molecular flexibility index (Phi) is 3.96. The summed E-state index contributed by atoms with van der Waals surface area (Å²) in [7, 11) is 1.97. The molecule has 0 radical (unpaired) electrons. The van der Waals surface area contributed by atoms with Crippen molar-refractivity contribution in [2.75, 3.05) is 7.05 Å². The molecule has 0 aliphatic heterocycles. The van der Waals surface area contributed by atoms with Gasteiger partial charge in [-0.05, 0) is 31.2 Å². The highest BCUT2D eigenvalue weighted by molar-refractivity contribution is 4.99. The molecule has 0 aromatic carbocycles. The first kappa shape index (κ1) is 12.0. The molecule has 3 unspecified atom stereocenters. The molecule has 14 heavy (non-hydrogen) atoms. The third kappa shape index (κ3) is 2.29. The minimum Gasteiger partial charge on any atom is -0.391 e. The van der Waals surface area contributed by atoms with Gasteiger partial charge in [0, 0.05) is 6.04 Å². The highest BCUT2D eigenvalue weighted by Crippen LogP contribution is 2.45. The van der Waals surface area contributed by atoms with Crippen molar-refractivity contribution < 1.29 is 5.11 Å². The molecule has 0 amide bonds. The van der Waals surface area contributed by atoms with Crippen molar-refractivity contribution in [2.24, 2.45) is 11.3 Å². The maximum atomic E-state index is 9.93. The van der Waals surface area contributed by atoms with Crippen molar-refractivity contribution in [3.8, 4) is 0 Å². The van der Waals surface area contributed by atoms with Gasteiger partial charge in [-0.2, -0.15) is 0 Å². The predicted molar refractivity (Wildman–Crippen MR) is 60.3 cm³/mol. The molecule has 84 valence electrons. The Morgan fingerprint density at radius 2 is 2.07 bits per heavy atom. The van der Waals surface area contributed by atoms with E-state index in [9.17, 15) is 5.11 Å². The van der Waals surface area contributed by atoms with E-state index in [-0.39, 0.29) is 6.10 Å². The van der Waals surface area contributed by atoms with Gasteiger partial charge in [-0.25, -0.2) is 0 Å². The van der Waals surface area contributed by atoms with Crippen molar-refractivity contribution in [2.45, 2.75) is 58.6 Å². The fraction of sp³-hybridized carbons (Fsp3) is 1.00. The van der Waals surface area contributed by atoms with Crippen LogP contribution in [0.3, 0.4) is 0 Å². The van der Waals surface area contributed by atoms with Crippen molar-refractivity contribution in [3.63, 3.8) is 0 Å². The number of hydrogen-bond acceptors (Lipinski definition) is 2. The first-order chi connectivity index (χ1) is 6.53. The smallest absolute Gasteiger partial charge is 0.0701 e. The summed E-state index contributed by atoms with van der Waals surface area (Å²) in [6.07, 6.45) is 4.55. The fourth-order valence-electron chi connectivity index (χ4n) is 2.96. The van der Waals surface area contributed by atoms with Gasteiger partial charge in [-0.15, -0.1) is 0 Å². The van der Waals surface area contributed by atoms with Crippen LogP contribution in [0, 0.1) is 11.3 Å². The van der Waals surface area contributed by atoms with Gasteiger partial charge in [-0.3, -0.25) is 0 Å². The lowest BCUT2D eigenvalue weighted by Crippen LogP contribution is -2.39. The highest BCUT2D eigenvalue weighted by Gasteiger charge is 2.46. The molecular weight excluding hydrogens is 174 g/mol. The fourth-order valence-corrected chi connectivity index (χ4v) is 2.96. The van der Waals surface area contributed by atoms with E-state index in [1.54, 1.807) is 0 Å². The molecule has 0 aromatic rings. The molecule has 1 rings (SSSR count). The quantitative estimate of drug-likeness (QED) is 0.727. The van der Waals surface area contributed by atoms with E-state index in [1.165, 1.54) is 19.3 Å². The van der Waals surface area contributed by atoms with E-state index in [4.69, 9.17) is 0 Å². The lowest BCUT2D eigenvalue weighted by molar-refractivity contribution is 0.140. The lowest BCUT2D eigenvalue weighted by Gasteiger charge is -2.30. The Hall–Kier alpha value is -0.0800. The Morgan fingerprint density at radius 3 is 2.57 bits per heavy atom. The van der Waals surface area contributed by atoms with Crippen LogP contribution in [-0.4, -0.2) is 24.3 Å². The largest absolute Gasteiger partial charge is 0.391 e. The standard InChI is InChI=1S/C12H25NO/c1-5-6-7-9-11(13-4)10(14)8-12(9,2)3/h9-11,13-14H,5-8H2,1-4H3. The average molecular weight is 199 g/mol. The molecular formula is C12H25NO. The van der Waals surface area contributed by atoms with Crippen molar-refractivity contribution in [1.29, 1.82) is 0 Å². The summed E-state index contributed by atoms with van der Waals surface area (Å²) in [5.74, 6) is 0.627. The second kappa shape index (κ2) is 4.63. The van der Waals surface area contributed by atoms with Gasteiger partial charge < -0.3 is 10.4 Å². The van der Waals surface area contributed by atoms with E-state index in [2.05, 4.69) is 26.1 Å². The Bertz CT molecular complexity index is 179. The molecule has 0 heterocycles. The number of unbranched alkanes of at least 4 members (excludes halogenated alkanes) is 1. The minimum atomic E-state index is -0.156. The average Bonchev–Trinajstić information content (AvgIpc) is 2.31. The Morgan fingerprint density at radius 1 is 1.43 bits per heavy atom. The zero-order valence-corrected chi connectivity index (χ0v) is 10.0. The van der Waals surface area contributed by atoms with Crippen LogP contribution in [-0.2, 0) is 0 Å². The van der Waals surface area contributed by atoms with Crippen LogP contribution < -0.4 is 5.32 Å². The number of likely N-dealkylation sites (N-methyl/N-ethyl adjacent to an activating group) is 1. The summed E-state index contributed by atoms with van der Waals surface area (Å²) in [5, 5.41) is 13.2. The second-order valence-electron chi connectivity index (χ2n) is 5.32. The number of aliphatic hydroxyl groups excluding tert-OH is 1. The number of hydrogen-bond donors (Lipinski definition) is 2. The van der Waals surface area contributed by atoms with E-state index in [0.717, 1.165) is 6.42 Å². The summed E-state index contributed by atoms with van der Waals surface area (Å²) in [5.41, 5.74) is 0.294. The molecule has 2 N–H and O–H groups in total. The molecule has 2 heteroatoms. The molecule has 0 bridgehead atoms. The first-order valence-electron chi connectivity index (χ1n) is 5.88. The van der Waals surface area contributed by atoms with Crippen LogP contribution in [0.2, 0.25) is 0 Å². The summed E-state index contributed by atoms with van der Waals surface area (Å²) >= 11 is 0. The normalized spacial score (nSPS) is 36.2. The van der Waals surface area contributed by atoms with E-state index in [0.29, 0.717) is 17.4 Å². The maximum Gasteiger partial charge on any atom is 0.0701 e. The number of nitrogens with one attached hydrogen (secondary N) is 1. The molecule has 1 saturated carbocycles. The van der Waals surface area contributed by atoms with E-state index >= 15 is 0 Å². The van der Waals surface area contributed by atoms with Gasteiger partial charge >= 0.3 is 0 Å². The van der Waals surface area contributed by atoms with Gasteiger partial charge in [0.1, 0.15) is 0 Å². The molecule has 1 aliphatic rings. The van der Waals surface area contributed by atoms with Gasteiger partial charge in [0.2, 0.25) is 0 Å². The number of aliphatic hydroxyl groups is 1. The topological polar surface area (TPSA) is 32.3 Å². The van der Waals surface area contributed by atoms with Crippen LogP contribution in [0.25, 0.3) is 0 Å². The third-order valence-corrected chi connectivity index (χ3v) is 3.79. The molecule has 1 aliphatic carbocycles. The molecule has 3 atom stereocenters. The third-order valence-electron chi connectivity index (χ3n) is 3.79. The molecule has 1 fully saturated rings. The zero-order chi connectivity index (χ0) is 10.8. The summed E-state index contributed by atoms with van der Waals surface area (Å²) < 4.78 is 0. The van der Waals surface area contributed by atoms with E-state index in [1.807, 2.05) is 7.05 Å². The van der Waals surface area contributed by atoms with Crippen molar-refractivity contribution >= 4 is 0 Å². The minimum absolute atomic E-state index is 0.156. The number of rotatable bonds is 4. The summed E-state index contributed by atoms with van der Waals surface area (Å²) in [6.45, 7) is 6.80. The van der Waals surface area contributed by atoms with Crippen LogP contribution in [0.5, 0.6) is 0 Å². The van der Waals surface area contributed by atoms with Crippen LogP contribution >= 0.6 is 0 Å². The summed E-state index contributed by atoms with van der Waals surface area (Å²) in [4.78, 5) is 0. The SMILES string of the molecule is CCCCC1C(NC)C(O)CC1(C)C. The van der Waals surface area contributed by atoms with Crippen molar-refractivity contribution in [3.05, 3.63) is 0 Å². The van der Waals surface area contributed by atoms with Crippen LogP contribution in [0.1, 0.15) is 46.5 Å². The van der Waals surface area contributed by atoms with Gasteiger partial charge in [0.25, 0.3) is 0 Å². The highest BCUT2D eigenvalue weighted by atomic mass is 16.3. The van der Waals surface area contributed by atoms with E-state index < -0.39 is 0 Å². The predicted octanol–water partition coefficient (Wildman–Crippen LogP) is 2.17. The van der Waals surface area contributed by atoms with Crippen molar-refractivity contribution in [1.82, 2.24) is 5.32 Å². The summed E-state index contributed by atoms with van der Waals surface area (Å²) in [6, 6.07) is 0.302. The molecule has 0 aromatic heterocycles. The monoisotopic (exact) mass is 199 g/mol. The van der Waals surface area contributed by atoms with Crippen LogP contribution in [0.15, 0.2) is 0 Å². The zero-order valence-electron chi connectivity index (χ0n) is 10.0. The molecule has 0 spiro atoms. The van der Waals surface area contributed by atoms with Crippen LogP contribution in [0.4, 0.5) is 0 Å². The van der Waals surface area contributed by atoms with Gasteiger partial charge in [-0.1, -0.05) is 33.6 Å². The maximum absolute atomic E-state index is 9.93. The lowest BCUT2D eigenvalue weighted by atomic mass is 9.78. The van der Waals surface area contributed by atoms with Gasteiger partial charge in [0.15, 0.2) is 0 Å². The van der Waals surface area contributed by atoms with Gasteiger partial charge in [0.05, 0.1) is 6.10 Å². The Balaban J connectivity index is 2.65. The second-order valence-corrected chi connectivity index (χ2v) is 5.32.